The standard InChI is InChI=1S/C34H36F2N4O8S/c1-21(2)28(39-49(47,48)25-15-7-4-8-16-25)31(43)40-18-10-17-27(40)30(42)38-26(19-22-11-5-3-6-12-22)29(41)34(35,36)33(46)37-24-14-9-13-23(20-24)32(44)45/h3-9,11-16,20-21,26-28,39H,10,17-19H2,1-2H3,(H,37,46)(H,38,42)(H,44,45)/t26?,27-,28-/m0/s1. The topological polar surface area (TPSA) is 179 Å². The Balaban J connectivity index is 1.55. The van der Waals surface area contributed by atoms with Gasteiger partial charge in [0.1, 0.15) is 12.1 Å². The summed E-state index contributed by atoms with van der Waals surface area (Å²) in [7, 11) is -4.13. The number of likely N-dealkylation sites (tertiary alicyclic amines) is 1. The van der Waals surface area contributed by atoms with Gasteiger partial charge in [-0.25, -0.2) is 13.2 Å². The summed E-state index contributed by atoms with van der Waals surface area (Å²) in [6, 6.07) is 15.5. The number of anilines is 1. The zero-order valence-corrected chi connectivity index (χ0v) is 27.5. The summed E-state index contributed by atoms with van der Waals surface area (Å²) in [5, 5.41) is 13.4. The molecule has 0 aromatic heterocycles. The number of aromatic carboxylic acids is 1. The van der Waals surface area contributed by atoms with Gasteiger partial charge in [0.15, 0.2) is 0 Å². The van der Waals surface area contributed by atoms with Gasteiger partial charge in [-0.2, -0.15) is 13.5 Å². The molecule has 0 saturated carbocycles. The van der Waals surface area contributed by atoms with Crippen molar-refractivity contribution in [2.45, 2.75) is 62.1 Å². The number of hydrogen-bond acceptors (Lipinski definition) is 7. The van der Waals surface area contributed by atoms with Crippen LogP contribution in [0.2, 0.25) is 0 Å². The van der Waals surface area contributed by atoms with E-state index in [-0.39, 0.29) is 29.1 Å². The molecule has 0 aliphatic carbocycles. The van der Waals surface area contributed by atoms with Crippen LogP contribution in [0.1, 0.15) is 42.6 Å². The highest BCUT2D eigenvalue weighted by Gasteiger charge is 2.51. The summed E-state index contributed by atoms with van der Waals surface area (Å²) in [5.41, 5.74) is -0.185. The molecule has 3 aromatic carbocycles. The van der Waals surface area contributed by atoms with Gasteiger partial charge in [0, 0.05) is 18.7 Å². The van der Waals surface area contributed by atoms with Crippen LogP contribution in [0, 0.1) is 5.92 Å². The monoisotopic (exact) mass is 698 g/mol. The van der Waals surface area contributed by atoms with Crippen molar-refractivity contribution in [3.8, 4) is 0 Å². The van der Waals surface area contributed by atoms with E-state index in [2.05, 4.69) is 10.0 Å². The molecule has 1 aliphatic heterocycles. The Morgan fingerprint density at radius 1 is 0.939 bits per heavy atom. The zero-order chi connectivity index (χ0) is 35.9. The quantitative estimate of drug-likeness (QED) is 0.185. The van der Waals surface area contributed by atoms with Crippen molar-refractivity contribution in [3.63, 3.8) is 0 Å². The summed E-state index contributed by atoms with van der Waals surface area (Å²) < 4.78 is 59.5. The fraction of sp³-hybridized carbons (Fsp3) is 0.324. The van der Waals surface area contributed by atoms with Crippen LogP contribution in [0.4, 0.5) is 14.5 Å². The average molecular weight is 699 g/mol. The Bertz CT molecular complexity index is 1810. The van der Waals surface area contributed by atoms with E-state index in [1.165, 1.54) is 42.5 Å². The minimum absolute atomic E-state index is 0.0639. The van der Waals surface area contributed by atoms with Gasteiger partial charge in [0.25, 0.3) is 0 Å². The summed E-state index contributed by atoms with van der Waals surface area (Å²) in [6.07, 6.45) is 0.0250. The van der Waals surface area contributed by atoms with Crippen molar-refractivity contribution in [3.05, 3.63) is 96.1 Å². The smallest absolute Gasteiger partial charge is 0.383 e. The van der Waals surface area contributed by atoms with E-state index >= 15 is 8.78 Å². The lowest BCUT2D eigenvalue weighted by Crippen LogP contribution is -2.58. The lowest BCUT2D eigenvalue weighted by molar-refractivity contribution is -0.157. The molecule has 1 aliphatic rings. The first-order chi connectivity index (χ1) is 23.1. The number of carboxylic acids is 1. The number of sulfonamides is 1. The minimum Gasteiger partial charge on any atom is -0.478 e. The van der Waals surface area contributed by atoms with Gasteiger partial charge in [0.05, 0.1) is 16.5 Å². The molecular weight excluding hydrogens is 662 g/mol. The predicted molar refractivity (Wildman–Crippen MR) is 174 cm³/mol. The van der Waals surface area contributed by atoms with Gasteiger partial charge in [-0.15, -0.1) is 0 Å². The first kappa shape index (κ1) is 36.8. The van der Waals surface area contributed by atoms with Crippen molar-refractivity contribution >= 4 is 45.2 Å². The van der Waals surface area contributed by atoms with Crippen LogP contribution >= 0.6 is 0 Å². The number of Topliss-reactive ketones (excluding diaryl/α,β-unsaturated/α-hetero) is 1. The number of halogens is 2. The van der Waals surface area contributed by atoms with Crippen LogP contribution in [0.3, 0.4) is 0 Å². The Labute approximate surface area is 281 Å². The van der Waals surface area contributed by atoms with Crippen molar-refractivity contribution in [1.29, 1.82) is 0 Å². The van der Waals surface area contributed by atoms with Gasteiger partial charge >= 0.3 is 17.8 Å². The molecule has 15 heteroatoms. The van der Waals surface area contributed by atoms with Crippen LogP contribution in [0.15, 0.2) is 89.8 Å². The molecule has 0 spiro atoms. The number of ketones is 1. The average Bonchev–Trinajstić information content (AvgIpc) is 3.57. The molecule has 1 fully saturated rings. The highest BCUT2D eigenvalue weighted by molar-refractivity contribution is 7.89. The van der Waals surface area contributed by atoms with E-state index in [0.29, 0.717) is 12.0 Å². The fourth-order valence-corrected chi connectivity index (χ4v) is 6.74. The van der Waals surface area contributed by atoms with E-state index in [0.717, 1.165) is 11.0 Å². The maximum Gasteiger partial charge on any atom is 0.383 e. The Hall–Kier alpha value is -5.02. The van der Waals surface area contributed by atoms with Crippen molar-refractivity contribution in [2.75, 3.05) is 11.9 Å². The van der Waals surface area contributed by atoms with E-state index in [1.54, 1.807) is 50.2 Å². The molecule has 1 heterocycles. The highest BCUT2D eigenvalue weighted by atomic mass is 32.2. The highest BCUT2D eigenvalue weighted by Crippen LogP contribution is 2.25. The third kappa shape index (κ3) is 8.91. The number of carboxylic acid groups (broad SMARTS) is 1. The maximum absolute atomic E-state index is 15.5. The molecule has 1 saturated heterocycles. The summed E-state index contributed by atoms with van der Waals surface area (Å²) in [5.74, 6) is -12.2. The molecule has 4 N–H and O–H groups in total. The number of amides is 3. The lowest BCUT2D eigenvalue weighted by Gasteiger charge is -2.31. The van der Waals surface area contributed by atoms with Gasteiger partial charge in [0.2, 0.25) is 27.6 Å². The van der Waals surface area contributed by atoms with Gasteiger partial charge in [-0.1, -0.05) is 68.4 Å². The number of alkyl halides is 2. The summed E-state index contributed by atoms with van der Waals surface area (Å²) >= 11 is 0. The number of nitrogens with one attached hydrogen (secondary N) is 3. The molecule has 12 nitrogen and oxygen atoms in total. The van der Waals surface area contributed by atoms with E-state index in [1.807, 2.05) is 5.32 Å². The van der Waals surface area contributed by atoms with Crippen LogP contribution in [0.25, 0.3) is 0 Å². The Morgan fingerprint density at radius 3 is 2.18 bits per heavy atom. The minimum atomic E-state index is -4.67. The van der Waals surface area contributed by atoms with E-state index < -0.39 is 75.9 Å². The first-order valence-corrected chi connectivity index (χ1v) is 16.9. The molecule has 260 valence electrons. The fourth-order valence-electron chi connectivity index (χ4n) is 5.39. The molecule has 0 bridgehead atoms. The molecular formula is C34H36F2N4O8S. The van der Waals surface area contributed by atoms with Crippen LogP contribution in [-0.4, -0.2) is 78.5 Å². The van der Waals surface area contributed by atoms with Crippen LogP contribution < -0.4 is 15.4 Å². The molecule has 0 radical (unpaired) electrons. The summed E-state index contributed by atoms with van der Waals surface area (Å²) in [4.78, 5) is 65.8. The van der Waals surface area contributed by atoms with Crippen LogP contribution in [-0.2, 0) is 35.6 Å². The zero-order valence-electron chi connectivity index (χ0n) is 26.6. The first-order valence-electron chi connectivity index (χ1n) is 15.4. The molecule has 1 unspecified atom stereocenters. The SMILES string of the molecule is CC(C)[C@H](NS(=O)(=O)c1ccccc1)C(=O)N1CCC[C@H]1C(=O)NC(Cc1ccccc1)C(=O)C(F)(F)C(=O)Nc1cccc(C(=O)O)c1. The third-order valence-corrected chi connectivity index (χ3v) is 9.44. The second-order valence-corrected chi connectivity index (χ2v) is 13.6. The van der Waals surface area contributed by atoms with Gasteiger partial charge in [-0.3, -0.25) is 19.2 Å². The normalized spacial score (nSPS) is 16.1. The van der Waals surface area contributed by atoms with E-state index in [9.17, 15) is 37.5 Å². The Kier molecular flexibility index (Phi) is 11.6. The maximum atomic E-state index is 15.5. The molecule has 49 heavy (non-hydrogen) atoms. The van der Waals surface area contributed by atoms with Gasteiger partial charge < -0.3 is 20.6 Å². The van der Waals surface area contributed by atoms with Gasteiger partial charge in [-0.05, 0) is 54.7 Å². The largest absolute Gasteiger partial charge is 0.478 e. The van der Waals surface area contributed by atoms with Crippen molar-refractivity contribution in [1.82, 2.24) is 14.9 Å². The number of rotatable bonds is 14. The molecule has 3 atom stereocenters. The second kappa shape index (κ2) is 15.5. The Morgan fingerprint density at radius 2 is 1.57 bits per heavy atom. The van der Waals surface area contributed by atoms with Crippen molar-refractivity contribution < 1.29 is 46.3 Å². The lowest BCUT2D eigenvalue weighted by atomic mass is 9.97. The number of carbonyl (C=O) groups excluding carboxylic acids is 4. The third-order valence-electron chi connectivity index (χ3n) is 7.98. The van der Waals surface area contributed by atoms with E-state index in [4.69, 9.17) is 0 Å². The summed E-state index contributed by atoms with van der Waals surface area (Å²) in [6.45, 7) is 3.32. The second-order valence-electron chi connectivity index (χ2n) is 11.9. The molecule has 3 amide bonds. The molecule has 3 aromatic rings. The predicted octanol–water partition coefficient (Wildman–Crippen LogP) is 3.25. The molecule has 4 rings (SSSR count). The number of carbonyl (C=O) groups is 5. The number of nitrogens with zero attached hydrogens (tertiary/aromatic N) is 1. The van der Waals surface area contributed by atoms with Crippen LogP contribution in [0.5, 0.6) is 0 Å². The number of hydrogen-bond donors (Lipinski definition) is 4. The number of benzene rings is 3. The van der Waals surface area contributed by atoms with Crippen molar-refractivity contribution in [2.24, 2.45) is 5.92 Å².